The number of amides is 1. The van der Waals surface area contributed by atoms with E-state index in [1.54, 1.807) is 31.4 Å². The Morgan fingerprint density at radius 1 is 1.18 bits per heavy atom. The Morgan fingerprint density at radius 3 is 2.76 bits per heavy atom. The maximum Gasteiger partial charge on any atom is 0.280 e. The lowest BCUT2D eigenvalue weighted by Crippen LogP contribution is -2.37. The molecule has 1 saturated heterocycles. The van der Waals surface area contributed by atoms with Crippen molar-refractivity contribution in [3.63, 3.8) is 0 Å². The second-order valence-electron chi connectivity index (χ2n) is 9.13. The van der Waals surface area contributed by atoms with Crippen molar-refractivity contribution in [1.82, 2.24) is 14.5 Å². The molecule has 2 aliphatic heterocycles. The minimum absolute atomic E-state index is 0.0324. The van der Waals surface area contributed by atoms with Crippen LogP contribution in [-0.4, -0.2) is 91.7 Å². The monoisotopic (exact) mass is 522 g/mol. The molecule has 2 aliphatic rings. The van der Waals surface area contributed by atoms with E-state index in [9.17, 15) is 4.79 Å². The number of morpholine rings is 1. The van der Waals surface area contributed by atoms with Crippen LogP contribution in [0.1, 0.15) is 16.8 Å². The molecule has 0 aliphatic carbocycles. The van der Waals surface area contributed by atoms with Crippen molar-refractivity contribution < 1.29 is 24.1 Å². The van der Waals surface area contributed by atoms with E-state index in [0.29, 0.717) is 54.4 Å². The van der Waals surface area contributed by atoms with Gasteiger partial charge in [-0.25, -0.2) is 4.98 Å². The predicted molar refractivity (Wildman–Crippen MR) is 144 cm³/mol. The molecule has 11 nitrogen and oxygen atoms in total. The van der Waals surface area contributed by atoms with Crippen molar-refractivity contribution in [3.8, 4) is 11.5 Å². The zero-order valence-electron chi connectivity index (χ0n) is 21.6. The lowest BCUT2D eigenvalue weighted by Gasteiger charge is -2.26. The van der Waals surface area contributed by atoms with Gasteiger partial charge in [-0.1, -0.05) is 0 Å². The summed E-state index contributed by atoms with van der Waals surface area (Å²) in [6.07, 6.45) is 0.889. The van der Waals surface area contributed by atoms with E-state index < -0.39 is 0 Å². The highest BCUT2D eigenvalue weighted by Crippen LogP contribution is 2.37. The number of anilines is 2. The molecule has 11 heteroatoms. The molecule has 3 aromatic rings. The molecular formula is C27H34N6O5. The molecule has 1 amide bonds. The number of aliphatic hydroxyl groups excluding tert-OH is 1. The highest BCUT2D eigenvalue weighted by atomic mass is 16.5. The number of carbonyl (C=O) groups is 1. The van der Waals surface area contributed by atoms with E-state index in [2.05, 4.69) is 20.5 Å². The molecule has 2 aromatic carbocycles. The summed E-state index contributed by atoms with van der Waals surface area (Å²) in [5.74, 6) is 1.60. The third kappa shape index (κ3) is 5.74. The van der Waals surface area contributed by atoms with Crippen LogP contribution >= 0.6 is 0 Å². The van der Waals surface area contributed by atoms with Crippen LogP contribution < -0.4 is 25.7 Å². The van der Waals surface area contributed by atoms with Crippen molar-refractivity contribution in [1.29, 1.82) is 0 Å². The van der Waals surface area contributed by atoms with Crippen LogP contribution in [0, 0.1) is 0 Å². The molecule has 3 N–H and O–H groups in total. The molecular weight excluding hydrogens is 488 g/mol. The third-order valence-corrected chi connectivity index (χ3v) is 6.66. The number of nitrogens with one attached hydrogen (secondary N) is 2. The van der Waals surface area contributed by atoms with Gasteiger partial charge >= 0.3 is 0 Å². The molecule has 0 bridgehead atoms. The number of hydrogen-bond donors (Lipinski definition) is 3. The quantitative estimate of drug-likeness (QED) is 0.342. The first-order valence-electron chi connectivity index (χ1n) is 13.0. The van der Waals surface area contributed by atoms with Crippen LogP contribution in [0.5, 0.6) is 11.5 Å². The fourth-order valence-electron chi connectivity index (χ4n) is 4.73. The molecule has 0 spiro atoms. The lowest BCUT2D eigenvalue weighted by atomic mass is 10.2. The first-order chi connectivity index (χ1) is 18.7. The maximum atomic E-state index is 13.0. The Balaban J connectivity index is 1.40. The molecule has 0 saturated carbocycles. The summed E-state index contributed by atoms with van der Waals surface area (Å²) in [6, 6.07) is 10.9. The Kier molecular flexibility index (Phi) is 8.37. The van der Waals surface area contributed by atoms with Crippen molar-refractivity contribution in [2.45, 2.75) is 13.0 Å². The van der Waals surface area contributed by atoms with E-state index in [0.717, 1.165) is 56.2 Å². The van der Waals surface area contributed by atoms with E-state index in [-0.39, 0.29) is 12.5 Å². The van der Waals surface area contributed by atoms with Gasteiger partial charge in [0.25, 0.3) is 5.91 Å². The molecule has 1 fully saturated rings. The van der Waals surface area contributed by atoms with Crippen LogP contribution in [0.3, 0.4) is 0 Å². The number of hydrogen-bond acceptors (Lipinski definition) is 9. The molecule has 5 rings (SSSR count). The average Bonchev–Trinajstić information content (AvgIpc) is 3.45. The second-order valence-corrected chi connectivity index (χ2v) is 9.13. The maximum absolute atomic E-state index is 13.0. The molecule has 0 atom stereocenters. The van der Waals surface area contributed by atoms with Crippen LogP contribution in [0.4, 0.5) is 11.5 Å². The van der Waals surface area contributed by atoms with Gasteiger partial charge in [0.05, 0.1) is 33.5 Å². The van der Waals surface area contributed by atoms with Crippen molar-refractivity contribution in [3.05, 3.63) is 47.6 Å². The average molecular weight is 523 g/mol. The van der Waals surface area contributed by atoms with Crippen molar-refractivity contribution in [2.24, 2.45) is 4.99 Å². The molecule has 3 heterocycles. The van der Waals surface area contributed by atoms with Gasteiger partial charge in [-0.2, -0.15) is 4.99 Å². The van der Waals surface area contributed by atoms with Gasteiger partial charge in [0, 0.05) is 55.9 Å². The summed E-state index contributed by atoms with van der Waals surface area (Å²) in [4.78, 5) is 24.6. The van der Waals surface area contributed by atoms with Gasteiger partial charge in [-0.15, -0.1) is 0 Å². The Morgan fingerprint density at radius 2 is 2.00 bits per heavy atom. The minimum atomic E-state index is -0.387. The first kappa shape index (κ1) is 26.0. The lowest BCUT2D eigenvalue weighted by molar-refractivity contribution is 0.0357. The number of benzene rings is 2. The summed E-state index contributed by atoms with van der Waals surface area (Å²) in [6.45, 7) is 6.81. The molecule has 0 unspecified atom stereocenters. The number of carbonyl (C=O) groups excluding carboxylic acids is 1. The zero-order valence-corrected chi connectivity index (χ0v) is 21.6. The SMILES string of the molecule is COc1c(OCCCN2CCOCC2)ccc2c3n(c(=NC(=O)c4ccc(NCCO)cc4)nc12)CCN3. The van der Waals surface area contributed by atoms with E-state index in [4.69, 9.17) is 24.3 Å². The molecule has 0 radical (unpaired) electrons. The predicted octanol–water partition coefficient (Wildman–Crippen LogP) is 1.72. The molecule has 1 aromatic heterocycles. The summed E-state index contributed by atoms with van der Waals surface area (Å²) in [5, 5.41) is 16.3. The van der Waals surface area contributed by atoms with E-state index in [1.807, 2.05) is 16.7 Å². The third-order valence-electron chi connectivity index (χ3n) is 6.66. The zero-order chi connectivity index (χ0) is 26.3. The van der Waals surface area contributed by atoms with Gasteiger partial charge in [0.1, 0.15) is 11.3 Å². The Hall–Kier alpha value is -3.67. The fourth-order valence-corrected chi connectivity index (χ4v) is 4.73. The largest absolute Gasteiger partial charge is 0.491 e. The van der Waals surface area contributed by atoms with Gasteiger partial charge in [-0.3, -0.25) is 14.3 Å². The number of aromatic nitrogens is 2. The second kappa shape index (κ2) is 12.2. The number of aliphatic hydroxyl groups is 1. The highest BCUT2D eigenvalue weighted by molar-refractivity contribution is 5.97. The Bertz CT molecular complexity index is 1330. The van der Waals surface area contributed by atoms with Gasteiger partial charge < -0.3 is 30.0 Å². The summed E-state index contributed by atoms with van der Waals surface area (Å²) >= 11 is 0. The summed E-state index contributed by atoms with van der Waals surface area (Å²) in [7, 11) is 1.60. The van der Waals surface area contributed by atoms with Crippen LogP contribution in [0.2, 0.25) is 0 Å². The molecule has 202 valence electrons. The smallest absolute Gasteiger partial charge is 0.280 e. The normalized spacial score (nSPS) is 15.8. The number of nitrogens with zero attached hydrogens (tertiary/aromatic N) is 4. The number of fused-ring (bicyclic) bond motifs is 3. The Labute approximate surface area is 221 Å². The van der Waals surface area contributed by atoms with Crippen LogP contribution in [0.25, 0.3) is 10.9 Å². The summed E-state index contributed by atoms with van der Waals surface area (Å²) < 4.78 is 19.2. The highest BCUT2D eigenvalue weighted by Gasteiger charge is 2.21. The van der Waals surface area contributed by atoms with E-state index in [1.165, 1.54) is 0 Å². The fraction of sp³-hybridized carbons (Fsp3) is 0.444. The van der Waals surface area contributed by atoms with E-state index >= 15 is 0 Å². The number of ether oxygens (including phenoxy) is 3. The first-order valence-corrected chi connectivity index (χ1v) is 13.0. The van der Waals surface area contributed by atoms with Crippen LogP contribution in [-0.2, 0) is 11.3 Å². The number of methoxy groups -OCH3 is 1. The topological polar surface area (TPSA) is 122 Å². The van der Waals surface area contributed by atoms with Gasteiger partial charge in [0.2, 0.25) is 5.62 Å². The number of rotatable bonds is 10. The standard InChI is InChI=1S/C27H34N6O5/c1-36-24-22(38-16-2-11-32-13-17-37-18-14-32)8-7-21-23(24)30-27(33-12-9-29-25(21)33)31-26(35)19-3-5-20(6-4-19)28-10-15-34/h3-8,28-29,34H,2,9-18H2,1H3. The molecule has 38 heavy (non-hydrogen) atoms. The van der Waals surface area contributed by atoms with Crippen molar-refractivity contribution in [2.75, 3.05) is 76.9 Å². The van der Waals surface area contributed by atoms with Crippen LogP contribution in [0.15, 0.2) is 41.4 Å². The van der Waals surface area contributed by atoms with Gasteiger partial charge in [-0.05, 0) is 42.8 Å². The van der Waals surface area contributed by atoms with Crippen molar-refractivity contribution >= 4 is 28.3 Å². The van der Waals surface area contributed by atoms with Gasteiger partial charge in [0.15, 0.2) is 11.5 Å². The minimum Gasteiger partial charge on any atom is -0.491 e. The summed E-state index contributed by atoms with van der Waals surface area (Å²) in [5.41, 5.74) is 2.17.